The van der Waals surface area contributed by atoms with Gasteiger partial charge in [0.15, 0.2) is 0 Å². The number of anilines is 1. The lowest BCUT2D eigenvalue weighted by Crippen LogP contribution is -2.37. The third-order valence-corrected chi connectivity index (χ3v) is 4.06. The average Bonchev–Trinajstić information content (AvgIpc) is 2.67. The molecular weight excluding hydrogens is 358 g/mol. The lowest BCUT2D eigenvalue weighted by molar-refractivity contribution is -0.384. The Morgan fingerprint density at radius 3 is 2.61 bits per heavy atom. The largest absolute Gasteiger partial charge is 0.330 e. The summed E-state index contributed by atoms with van der Waals surface area (Å²) < 4.78 is 0. The summed E-state index contributed by atoms with van der Waals surface area (Å²) in [7, 11) is 0. The number of benzene rings is 2. The number of carbonyl (C=O) groups is 2. The molecule has 0 bridgehead atoms. The fourth-order valence-corrected chi connectivity index (χ4v) is 2.63. The van der Waals surface area contributed by atoms with Crippen molar-refractivity contribution in [3.8, 4) is 0 Å². The van der Waals surface area contributed by atoms with Gasteiger partial charge in [-0.05, 0) is 36.6 Å². The minimum atomic E-state index is -0.488. The Hall–Kier alpha value is -3.48. The summed E-state index contributed by atoms with van der Waals surface area (Å²) in [6, 6.07) is 13.4. The van der Waals surface area contributed by atoms with Gasteiger partial charge in [0.2, 0.25) is 11.8 Å². The molecule has 0 unspecified atom stereocenters. The van der Waals surface area contributed by atoms with Crippen LogP contribution in [0.1, 0.15) is 24.5 Å². The molecule has 146 valence electrons. The zero-order valence-corrected chi connectivity index (χ0v) is 15.9. The van der Waals surface area contributed by atoms with E-state index in [1.807, 2.05) is 32.0 Å². The molecule has 2 amide bonds. The molecule has 0 aliphatic carbocycles. The van der Waals surface area contributed by atoms with E-state index in [9.17, 15) is 19.7 Å². The Kier molecular flexibility index (Phi) is 7.45. The summed E-state index contributed by atoms with van der Waals surface area (Å²) in [6.45, 7) is 4.18. The summed E-state index contributed by atoms with van der Waals surface area (Å²) in [4.78, 5) is 36.6. The van der Waals surface area contributed by atoms with Crippen molar-refractivity contribution in [1.29, 1.82) is 0 Å². The maximum absolute atomic E-state index is 12.5. The van der Waals surface area contributed by atoms with Gasteiger partial charge in [-0.1, -0.05) is 37.3 Å². The third kappa shape index (κ3) is 6.05. The van der Waals surface area contributed by atoms with Crippen molar-refractivity contribution >= 4 is 29.3 Å². The molecule has 0 aliphatic heterocycles. The lowest BCUT2D eigenvalue weighted by atomic mass is 10.2. The van der Waals surface area contributed by atoms with Crippen LogP contribution < -0.4 is 5.32 Å². The van der Waals surface area contributed by atoms with Gasteiger partial charge in [-0.2, -0.15) is 0 Å². The number of carbonyl (C=O) groups excluding carboxylic acids is 2. The van der Waals surface area contributed by atoms with Gasteiger partial charge in [-0.3, -0.25) is 19.7 Å². The summed E-state index contributed by atoms with van der Waals surface area (Å²) in [6.07, 6.45) is 3.54. The predicted octanol–water partition coefficient (Wildman–Crippen LogP) is 3.79. The minimum Gasteiger partial charge on any atom is -0.330 e. The van der Waals surface area contributed by atoms with Crippen LogP contribution >= 0.6 is 0 Å². The van der Waals surface area contributed by atoms with Gasteiger partial charge in [0.1, 0.15) is 6.54 Å². The number of nitrogens with zero attached hydrogens (tertiary/aromatic N) is 2. The molecule has 2 aromatic rings. The van der Waals surface area contributed by atoms with Crippen LogP contribution in [-0.4, -0.2) is 34.7 Å². The van der Waals surface area contributed by atoms with Crippen LogP contribution in [0, 0.1) is 17.0 Å². The van der Waals surface area contributed by atoms with E-state index in [-0.39, 0.29) is 24.0 Å². The van der Waals surface area contributed by atoms with E-state index in [1.165, 1.54) is 29.2 Å². The van der Waals surface area contributed by atoms with Gasteiger partial charge in [-0.15, -0.1) is 0 Å². The summed E-state index contributed by atoms with van der Waals surface area (Å²) >= 11 is 0. The second-order valence-electron chi connectivity index (χ2n) is 6.31. The first kappa shape index (κ1) is 20.8. The average molecular weight is 381 g/mol. The molecule has 0 spiro atoms. The highest BCUT2D eigenvalue weighted by molar-refractivity contribution is 5.98. The first-order chi connectivity index (χ1) is 13.4. The number of non-ortho nitro benzene ring substituents is 1. The number of amides is 2. The minimum absolute atomic E-state index is 0.0439. The maximum atomic E-state index is 12.5. The molecule has 7 nitrogen and oxygen atoms in total. The Morgan fingerprint density at radius 1 is 1.18 bits per heavy atom. The number of nitro benzene ring substituents is 1. The van der Waals surface area contributed by atoms with Crippen LogP contribution in [0.25, 0.3) is 6.08 Å². The molecule has 0 saturated carbocycles. The second kappa shape index (κ2) is 10.0. The number of para-hydroxylation sites is 1. The van der Waals surface area contributed by atoms with Crippen molar-refractivity contribution in [2.45, 2.75) is 20.3 Å². The van der Waals surface area contributed by atoms with Crippen molar-refractivity contribution in [3.05, 3.63) is 75.8 Å². The molecule has 0 fully saturated rings. The molecule has 0 saturated heterocycles. The Labute approximate surface area is 163 Å². The first-order valence-electron chi connectivity index (χ1n) is 8.97. The molecule has 7 heteroatoms. The number of aryl methyl sites for hydroxylation is 1. The number of hydrogen-bond acceptors (Lipinski definition) is 4. The van der Waals surface area contributed by atoms with Gasteiger partial charge in [-0.25, -0.2) is 0 Å². The number of nitro groups is 1. The van der Waals surface area contributed by atoms with E-state index in [0.717, 1.165) is 5.56 Å². The molecule has 0 radical (unpaired) electrons. The van der Waals surface area contributed by atoms with Crippen molar-refractivity contribution in [2.24, 2.45) is 0 Å². The highest BCUT2D eigenvalue weighted by Crippen LogP contribution is 2.15. The third-order valence-electron chi connectivity index (χ3n) is 4.06. The Bertz CT molecular complexity index is 893. The molecule has 0 aliphatic rings. The van der Waals surface area contributed by atoms with Crippen LogP contribution in [0.5, 0.6) is 0 Å². The molecule has 1 N–H and O–H groups in total. The molecule has 28 heavy (non-hydrogen) atoms. The van der Waals surface area contributed by atoms with Gasteiger partial charge >= 0.3 is 0 Å². The summed E-state index contributed by atoms with van der Waals surface area (Å²) in [5.41, 5.74) is 2.15. The van der Waals surface area contributed by atoms with Gasteiger partial charge in [0.25, 0.3) is 5.69 Å². The molecular formula is C21H23N3O4. The smallest absolute Gasteiger partial charge is 0.270 e. The molecule has 0 atom stereocenters. The lowest BCUT2D eigenvalue weighted by Gasteiger charge is -2.20. The van der Waals surface area contributed by atoms with Crippen LogP contribution in [0.4, 0.5) is 11.4 Å². The normalized spacial score (nSPS) is 10.6. The standard InChI is InChI=1S/C21H23N3O4/c1-3-13-23(15-20(25)22-19-10-5-4-7-16(19)2)21(26)12-11-17-8-6-9-18(14-17)24(27)28/h4-12,14H,3,13,15H2,1-2H3,(H,22,25)/b12-11-. The molecule has 2 aromatic carbocycles. The Balaban J connectivity index is 2.04. The van der Waals surface area contributed by atoms with Crippen LogP contribution in [0.15, 0.2) is 54.6 Å². The van der Waals surface area contributed by atoms with Gasteiger partial charge in [0, 0.05) is 30.4 Å². The quantitative estimate of drug-likeness (QED) is 0.428. The highest BCUT2D eigenvalue weighted by Gasteiger charge is 2.15. The van der Waals surface area contributed by atoms with Crippen molar-refractivity contribution in [3.63, 3.8) is 0 Å². The monoisotopic (exact) mass is 381 g/mol. The van der Waals surface area contributed by atoms with E-state index < -0.39 is 4.92 Å². The molecule has 0 heterocycles. The van der Waals surface area contributed by atoms with E-state index in [4.69, 9.17) is 0 Å². The van der Waals surface area contributed by atoms with Gasteiger partial charge in [0.05, 0.1) is 4.92 Å². The molecule has 0 aromatic heterocycles. The topological polar surface area (TPSA) is 92.6 Å². The predicted molar refractivity (Wildman–Crippen MR) is 109 cm³/mol. The van der Waals surface area contributed by atoms with Crippen molar-refractivity contribution in [1.82, 2.24) is 4.90 Å². The zero-order valence-electron chi connectivity index (χ0n) is 15.9. The van der Waals surface area contributed by atoms with Crippen molar-refractivity contribution in [2.75, 3.05) is 18.4 Å². The fraction of sp³-hybridized carbons (Fsp3) is 0.238. The second-order valence-corrected chi connectivity index (χ2v) is 6.31. The highest BCUT2D eigenvalue weighted by atomic mass is 16.6. The maximum Gasteiger partial charge on any atom is 0.270 e. The van der Waals surface area contributed by atoms with E-state index in [1.54, 1.807) is 18.2 Å². The molecule has 2 rings (SSSR count). The van der Waals surface area contributed by atoms with E-state index in [0.29, 0.717) is 24.2 Å². The van der Waals surface area contributed by atoms with Crippen LogP contribution in [-0.2, 0) is 9.59 Å². The Morgan fingerprint density at radius 2 is 1.93 bits per heavy atom. The van der Waals surface area contributed by atoms with Crippen molar-refractivity contribution < 1.29 is 14.5 Å². The summed E-state index contributed by atoms with van der Waals surface area (Å²) in [5, 5.41) is 13.7. The first-order valence-corrected chi connectivity index (χ1v) is 8.97. The number of hydrogen-bond donors (Lipinski definition) is 1. The summed E-state index contributed by atoms with van der Waals surface area (Å²) in [5.74, 6) is -0.604. The number of nitrogens with one attached hydrogen (secondary N) is 1. The van der Waals surface area contributed by atoms with Gasteiger partial charge < -0.3 is 10.2 Å². The van der Waals surface area contributed by atoms with E-state index >= 15 is 0 Å². The number of rotatable bonds is 8. The van der Waals surface area contributed by atoms with Crippen LogP contribution in [0.2, 0.25) is 0 Å². The van der Waals surface area contributed by atoms with Crippen LogP contribution in [0.3, 0.4) is 0 Å². The fourth-order valence-electron chi connectivity index (χ4n) is 2.63. The van der Waals surface area contributed by atoms with E-state index in [2.05, 4.69) is 5.32 Å². The zero-order chi connectivity index (χ0) is 20.5. The SMILES string of the molecule is CCCN(CC(=O)Nc1ccccc1C)C(=O)/C=C\c1cccc([N+](=O)[O-])c1.